The molecule has 1 aliphatic heterocycles. The molecule has 2 heterocycles. The topological polar surface area (TPSA) is 17.4 Å². The molecule has 1 atom stereocenters. The molecule has 0 fully saturated rings. The van der Waals surface area contributed by atoms with E-state index in [0.717, 1.165) is 38.2 Å². The Labute approximate surface area is 162 Å². The second kappa shape index (κ2) is 8.01. The van der Waals surface area contributed by atoms with Crippen molar-refractivity contribution in [1.82, 2.24) is 9.47 Å². The van der Waals surface area contributed by atoms with Gasteiger partial charge in [-0.3, -0.25) is 4.90 Å². The van der Waals surface area contributed by atoms with E-state index in [4.69, 9.17) is 4.74 Å². The van der Waals surface area contributed by atoms with E-state index in [1.54, 1.807) is 7.11 Å². The normalized spacial score (nSPS) is 17.3. The number of aryl methyl sites for hydroxylation is 2. The molecule has 3 aromatic rings. The van der Waals surface area contributed by atoms with Crippen molar-refractivity contribution in [3.8, 4) is 5.75 Å². The van der Waals surface area contributed by atoms with E-state index >= 15 is 0 Å². The minimum Gasteiger partial charge on any atom is -0.496 e. The van der Waals surface area contributed by atoms with Crippen LogP contribution in [0.4, 0.5) is 0 Å². The summed E-state index contributed by atoms with van der Waals surface area (Å²) in [7, 11) is 1.76. The minimum absolute atomic E-state index is 0.262. The van der Waals surface area contributed by atoms with Crippen molar-refractivity contribution in [2.24, 2.45) is 0 Å². The number of benzene rings is 2. The molecule has 3 nitrogen and oxygen atoms in total. The maximum Gasteiger partial charge on any atom is 0.123 e. The third-order valence-corrected chi connectivity index (χ3v) is 5.62. The van der Waals surface area contributed by atoms with E-state index < -0.39 is 0 Å². The van der Waals surface area contributed by atoms with Crippen LogP contribution < -0.4 is 4.74 Å². The third-order valence-electron chi connectivity index (χ3n) is 5.62. The van der Waals surface area contributed by atoms with Gasteiger partial charge in [0.25, 0.3) is 0 Å². The second-order valence-corrected chi connectivity index (χ2v) is 7.26. The Morgan fingerprint density at radius 2 is 1.78 bits per heavy atom. The van der Waals surface area contributed by atoms with Gasteiger partial charge < -0.3 is 9.30 Å². The Kier molecular flexibility index (Phi) is 5.30. The fraction of sp³-hybridized carbons (Fsp3) is 0.333. The van der Waals surface area contributed by atoms with Crippen molar-refractivity contribution in [3.05, 3.63) is 89.2 Å². The molecule has 0 radical (unpaired) electrons. The summed E-state index contributed by atoms with van der Waals surface area (Å²) in [6.45, 7) is 5.24. The van der Waals surface area contributed by atoms with Crippen LogP contribution in [0.15, 0.2) is 66.9 Å². The van der Waals surface area contributed by atoms with E-state index in [9.17, 15) is 0 Å². The number of fused-ring (bicyclic) bond motifs is 1. The molecule has 0 bridgehead atoms. The summed E-state index contributed by atoms with van der Waals surface area (Å²) in [5.74, 6) is 0.970. The van der Waals surface area contributed by atoms with Crippen molar-refractivity contribution < 1.29 is 4.74 Å². The summed E-state index contributed by atoms with van der Waals surface area (Å²) >= 11 is 0. The highest BCUT2D eigenvalue weighted by atomic mass is 16.5. The van der Waals surface area contributed by atoms with Gasteiger partial charge >= 0.3 is 0 Å². The van der Waals surface area contributed by atoms with Crippen molar-refractivity contribution in [2.75, 3.05) is 13.7 Å². The molecule has 4 rings (SSSR count). The molecule has 2 aromatic carbocycles. The Hall–Kier alpha value is -2.52. The van der Waals surface area contributed by atoms with Gasteiger partial charge in [-0.2, -0.15) is 0 Å². The lowest BCUT2D eigenvalue weighted by Crippen LogP contribution is -2.29. The van der Waals surface area contributed by atoms with Crippen LogP contribution in [-0.2, 0) is 19.5 Å². The summed E-state index contributed by atoms with van der Waals surface area (Å²) in [5, 5.41) is 0. The molecular weight excluding hydrogens is 332 g/mol. The maximum atomic E-state index is 5.61. The van der Waals surface area contributed by atoms with E-state index in [2.05, 4.69) is 77.2 Å². The van der Waals surface area contributed by atoms with Gasteiger partial charge in [0.2, 0.25) is 0 Å². The van der Waals surface area contributed by atoms with Crippen LogP contribution >= 0.6 is 0 Å². The van der Waals surface area contributed by atoms with Crippen molar-refractivity contribution in [1.29, 1.82) is 0 Å². The monoisotopic (exact) mass is 360 g/mol. The summed E-state index contributed by atoms with van der Waals surface area (Å²) in [4.78, 5) is 2.59. The van der Waals surface area contributed by atoms with Crippen molar-refractivity contribution in [2.45, 2.75) is 38.9 Å². The van der Waals surface area contributed by atoms with Crippen LogP contribution in [0.2, 0.25) is 0 Å². The van der Waals surface area contributed by atoms with Gasteiger partial charge in [-0.15, -0.1) is 0 Å². The quantitative estimate of drug-likeness (QED) is 0.633. The lowest BCUT2D eigenvalue weighted by molar-refractivity contribution is 0.217. The number of rotatable bonds is 5. The molecule has 1 aliphatic rings. The van der Waals surface area contributed by atoms with E-state index in [0.29, 0.717) is 0 Å². The molecule has 0 saturated heterocycles. The molecule has 140 valence electrons. The van der Waals surface area contributed by atoms with Crippen LogP contribution in [0, 0.1) is 0 Å². The number of hydrogen-bond acceptors (Lipinski definition) is 2. The van der Waals surface area contributed by atoms with Gasteiger partial charge in [0.05, 0.1) is 13.2 Å². The predicted molar refractivity (Wildman–Crippen MR) is 110 cm³/mol. The largest absolute Gasteiger partial charge is 0.496 e. The van der Waals surface area contributed by atoms with E-state index in [-0.39, 0.29) is 6.04 Å². The summed E-state index contributed by atoms with van der Waals surface area (Å²) in [5.41, 5.74) is 5.38. The zero-order chi connectivity index (χ0) is 18.6. The number of aromatic nitrogens is 1. The SMILES string of the molecule is CCc1ccc([C@@H]2c3cccn3CCCN2Cc2ccccc2OC)cc1. The molecule has 0 unspecified atom stereocenters. The zero-order valence-electron chi connectivity index (χ0n) is 16.3. The first-order valence-electron chi connectivity index (χ1n) is 9.90. The molecule has 0 amide bonds. The first kappa shape index (κ1) is 17.9. The number of ether oxygens (including phenoxy) is 1. The first-order valence-corrected chi connectivity index (χ1v) is 9.90. The molecular formula is C24H28N2O. The van der Waals surface area contributed by atoms with Gasteiger partial charge in [-0.25, -0.2) is 0 Å². The molecule has 0 aliphatic carbocycles. The molecule has 27 heavy (non-hydrogen) atoms. The Morgan fingerprint density at radius 1 is 0.963 bits per heavy atom. The van der Waals surface area contributed by atoms with E-state index in [1.807, 2.05) is 6.07 Å². The van der Waals surface area contributed by atoms with Crippen LogP contribution in [-0.4, -0.2) is 23.1 Å². The fourth-order valence-corrected chi connectivity index (χ4v) is 4.18. The zero-order valence-corrected chi connectivity index (χ0v) is 16.3. The van der Waals surface area contributed by atoms with Crippen LogP contribution in [0.3, 0.4) is 0 Å². The van der Waals surface area contributed by atoms with E-state index in [1.165, 1.54) is 22.4 Å². The number of nitrogens with zero attached hydrogens (tertiary/aromatic N) is 2. The predicted octanol–water partition coefficient (Wildman–Crippen LogP) is 5.05. The molecule has 0 N–H and O–H groups in total. The van der Waals surface area contributed by atoms with Gasteiger partial charge in [0.1, 0.15) is 5.75 Å². The Bertz CT molecular complexity index is 881. The lowest BCUT2D eigenvalue weighted by Gasteiger charge is -2.31. The first-order chi connectivity index (χ1) is 13.3. The highest BCUT2D eigenvalue weighted by Crippen LogP contribution is 2.34. The number of methoxy groups -OCH3 is 1. The third kappa shape index (κ3) is 3.65. The lowest BCUT2D eigenvalue weighted by atomic mass is 9.99. The van der Waals surface area contributed by atoms with Gasteiger partial charge in [0, 0.05) is 37.1 Å². The molecule has 0 spiro atoms. The highest BCUT2D eigenvalue weighted by Gasteiger charge is 2.27. The van der Waals surface area contributed by atoms with Gasteiger partial charge in [-0.1, -0.05) is 49.4 Å². The smallest absolute Gasteiger partial charge is 0.123 e. The van der Waals surface area contributed by atoms with Crippen molar-refractivity contribution in [3.63, 3.8) is 0 Å². The van der Waals surface area contributed by atoms with Crippen molar-refractivity contribution >= 4 is 0 Å². The van der Waals surface area contributed by atoms with Crippen LogP contribution in [0.5, 0.6) is 5.75 Å². The maximum absolute atomic E-state index is 5.61. The van der Waals surface area contributed by atoms with Gasteiger partial charge in [-0.05, 0) is 42.2 Å². The summed E-state index contributed by atoms with van der Waals surface area (Å²) in [6, 6.07) is 22.3. The molecule has 3 heteroatoms. The molecule has 1 aromatic heterocycles. The highest BCUT2D eigenvalue weighted by molar-refractivity contribution is 5.35. The summed E-state index contributed by atoms with van der Waals surface area (Å²) in [6.07, 6.45) is 4.45. The minimum atomic E-state index is 0.262. The average molecular weight is 361 g/mol. The number of para-hydroxylation sites is 1. The molecule has 0 saturated carbocycles. The van der Waals surface area contributed by atoms with Crippen LogP contribution in [0.1, 0.15) is 41.8 Å². The number of hydrogen-bond donors (Lipinski definition) is 0. The fourth-order valence-electron chi connectivity index (χ4n) is 4.18. The Balaban J connectivity index is 1.73. The van der Waals surface area contributed by atoms with Gasteiger partial charge in [0.15, 0.2) is 0 Å². The average Bonchev–Trinajstić information content (AvgIpc) is 3.10. The second-order valence-electron chi connectivity index (χ2n) is 7.26. The standard InChI is InChI=1S/C24H28N2O/c1-3-19-11-13-20(14-12-19)24-22-9-6-15-25(22)16-7-17-26(24)18-21-8-4-5-10-23(21)27-2/h4-6,8-15,24H,3,7,16-18H2,1-2H3/t24-/m1/s1. The summed E-state index contributed by atoms with van der Waals surface area (Å²) < 4.78 is 8.03. The Morgan fingerprint density at radius 3 is 2.56 bits per heavy atom. The van der Waals surface area contributed by atoms with Crippen LogP contribution in [0.25, 0.3) is 0 Å².